The van der Waals surface area contributed by atoms with Crippen LogP contribution in [0.3, 0.4) is 0 Å². The zero-order valence-corrected chi connectivity index (χ0v) is 12.4. The summed E-state index contributed by atoms with van der Waals surface area (Å²) in [5.74, 6) is 1.95. The number of rotatable bonds is 6. The van der Waals surface area contributed by atoms with Crippen LogP contribution in [-0.2, 0) is 4.74 Å². The van der Waals surface area contributed by atoms with Crippen LogP contribution < -0.4 is 10.5 Å². The minimum atomic E-state index is 0.365. The smallest absolute Gasteiger partial charge is 0.238 e. The average Bonchev–Trinajstić information content (AvgIpc) is 2.89. The average molecular weight is 282 g/mol. The SMILES string of the molecule is CC(C)COc1nc(SCC2CCCO2)ccc1N. The van der Waals surface area contributed by atoms with E-state index in [-0.39, 0.29) is 0 Å². The third-order valence-electron chi connectivity index (χ3n) is 2.86. The Morgan fingerprint density at radius 2 is 2.37 bits per heavy atom. The standard InChI is InChI=1S/C14H22N2O2S/c1-10(2)8-18-14-12(15)5-6-13(16-14)19-9-11-4-3-7-17-11/h5-6,10-11H,3-4,7-9,15H2,1-2H3. The Balaban J connectivity index is 1.91. The van der Waals surface area contributed by atoms with Crippen LogP contribution in [0.1, 0.15) is 26.7 Å². The molecule has 2 heterocycles. The molecule has 0 amide bonds. The van der Waals surface area contributed by atoms with Crippen LogP contribution in [0.4, 0.5) is 5.69 Å². The van der Waals surface area contributed by atoms with Crippen molar-refractivity contribution in [3.8, 4) is 5.88 Å². The molecule has 0 saturated carbocycles. The van der Waals surface area contributed by atoms with Gasteiger partial charge < -0.3 is 15.2 Å². The zero-order valence-electron chi connectivity index (χ0n) is 11.6. The molecular weight excluding hydrogens is 260 g/mol. The van der Waals surface area contributed by atoms with Crippen LogP contribution in [-0.4, -0.2) is 30.1 Å². The van der Waals surface area contributed by atoms with E-state index in [9.17, 15) is 0 Å². The molecule has 1 atom stereocenters. The maximum Gasteiger partial charge on any atom is 0.238 e. The topological polar surface area (TPSA) is 57.4 Å². The van der Waals surface area contributed by atoms with Crippen molar-refractivity contribution in [3.63, 3.8) is 0 Å². The van der Waals surface area contributed by atoms with Gasteiger partial charge in [-0.3, -0.25) is 0 Å². The summed E-state index contributed by atoms with van der Waals surface area (Å²) in [5, 5.41) is 0.948. The molecular formula is C14H22N2O2S. The lowest BCUT2D eigenvalue weighted by molar-refractivity contribution is 0.129. The van der Waals surface area contributed by atoms with Gasteiger partial charge in [0.25, 0.3) is 0 Å². The fourth-order valence-corrected chi connectivity index (χ4v) is 2.76. The Kier molecular flexibility index (Phi) is 5.34. The minimum absolute atomic E-state index is 0.365. The van der Waals surface area contributed by atoms with Gasteiger partial charge in [-0.25, -0.2) is 4.98 Å². The normalized spacial score (nSPS) is 19.0. The third kappa shape index (κ3) is 4.58. The highest BCUT2D eigenvalue weighted by Gasteiger charge is 2.16. The van der Waals surface area contributed by atoms with Crippen molar-refractivity contribution in [2.75, 3.05) is 24.7 Å². The van der Waals surface area contributed by atoms with Gasteiger partial charge in [-0.1, -0.05) is 13.8 Å². The summed E-state index contributed by atoms with van der Waals surface area (Å²) in [7, 11) is 0. The van der Waals surface area contributed by atoms with Gasteiger partial charge in [0.2, 0.25) is 5.88 Å². The highest BCUT2D eigenvalue weighted by molar-refractivity contribution is 7.99. The number of aromatic nitrogens is 1. The van der Waals surface area contributed by atoms with E-state index in [4.69, 9.17) is 15.2 Å². The predicted molar refractivity (Wildman–Crippen MR) is 78.7 cm³/mol. The molecule has 5 heteroatoms. The second-order valence-electron chi connectivity index (χ2n) is 5.19. The molecule has 4 nitrogen and oxygen atoms in total. The number of thioether (sulfide) groups is 1. The number of pyridine rings is 1. The lowest BCUT2D eigenvalue weighted by Gasteiger charge is -2.12. The lowest BCUT2D eigenvalue weighted by atomic mass is 10.2. The summed E-state index contributed by atoms with van der Waals surface area (Å²) in [6.07, 6.45) is 2.69. The first-order valence-corrected chi connectivity index (χ1v) is 7.77. The van der Waals surface area contributed by atoms with E-state index >= 15 is 0 Å². The van der Waals surface area contributed by atoms with E-state index in [1.165, 1.54) is 6.42 Å². The Labute approximate surface area is 119 Å². The lowest BCUT2D eigenvalue weighted by Crippen LogP contribution is -2.09. The van der Waals surface area contributed by atoms with Crippen molar-refractivity contribution >= 4 is 17.4 Å². The summed E-state index contributed by atoms with van der Waals surface area (Å²) in [5.41, 5.74) is 6.47. The van der Waals surface area contributed by atoms with E-state index in [2.05, 4.69) is 18.8 Å². The van der Waals surface area contributed by atoms with E-state index in [0.717, 1.165) is 23.8 Å². The molecule has 0 spiro atoms. The molecule has 106 valence electrons. The molecule has 1 aliphatic rings. The monoisotopic (exact) mass is 282 g/mol. The number of nitrogen functional groups attached to an aromatic ring is 1. The predicted octanol–water partition coefficient (Wildman–Crippen LogP) is 2.97. The summed E-state index contributed by atoms with van der Waals surface area (Å²) >= 11 is 1.70. The first-order chi connectivity index (χ1) is 9.15. The second kappa shape index (κ2) is 7.01. The molecule has 0 aliphatic carbocycles. The van der Waals surface area contributed by atoms with Crippen LogP contribution in [0.15, 0.2) is 17.2 Å². The number of hydrogen-bond donors (Lipinski definition) is 1. The molecule has 1 aliphatic heterocycles. The fraction of sp³-hybridized carbons (Fsp3) is 0.643. The van der Waals surface area contributed by atoms with Gasteiger partial charge in [-0.05, 0) is 30.9 Å². The molecule has 1 saturated heterocycles. The Morgan fingerprint density at radius 3 is 3.05 bits per heavy atom. The Bertz CT molecular complexity index is 406. The first-order valence-electron chi connectivity index (χ1n) is 6.79. The van der Waals surface area contributed by atoms with Crippen molar-refractivity contribution in [2.24, 2.45) is 5.92 Å². The third-order valence-corrected chi connectivity index (χ3v) is 3.92. The number of hydrogen-bond acceptors (Lipinski definition) is 5. The largest absolute Gasteiger partial charge is 0.476 e. The summed E-state index contributed by atoms with van der Waals surface area (Å²) in [6.45, 7) is 5.73. The van der Waals surface area contributed by atoms with Crippen LogP contribution in [0, 0.1) is 5.92 Å². The fourth-order valence-electron chi connectivity index (χ4n) is 1.83. The highest BCUT2D eigenvalue weighted by atomic mass is 32.2. The number of nitrogens with two attached hydrogens (primary N) is 1. The Hall–Kier alpha value is -0.940. The van der Waals surface area contributed by atoms with Crippen molar-refractivity contribution in [2.45, 2.75) is 37.8 Å². The molecule has 0 aromatic carbocycles. The molecule has 1 aromatic rings. The van der Waals surface area contributed by atoms with Gasteiger partial charge in [-0.15, -0.1) is 11.8 Å². The first kappa shape index (κ1) is 14.5. The van der Waals surface area contributed by atoms with Gasteiger partial charge in [0.05, 0.1) is 18.4 Å². The summed E-state index contributed by atoms with van der Waals surface area (Å²) in [6, 6.07) is 3.80. The molecule has 0 radical (unpaired) electrons. The van der Waals surface area contributed by atoms with Crippen molar-refractivity contribution in [1.82, 2.24) is 4.98 Å². The molecule has 2 rings (SSSR count). The maximum atomic E-state index is 5.87. The molecule has 1 fully saturated rings. The Morgan fingerprint density at radius 1 is 1.53 bits per heavy atom. The number of nitrogens with zero attached hydrogens (tertiary/aromatic N) is 1. The van der Waals surface area contributed by atoms with Crippen LogP contribution in [0.2, 0.25) is 0 Å². The molecule has 1 unspecified atom stereocenters. The summed E-state index contributed by atoms with van der Waals surface area (Å²) < 4.78 is 11.2. The van der Waals surface area contributed by atoms with Gasteiger partial charge in [0.15, 0.2) is 0 Å². The van der Waals surface area contributed by atoms with Gasteiger partial charge in [0.1, 0.15) is 5.03 Å². The van der Waals surface area contributed by atoms with Crippen molar-refractivity contribution in [3.05, 3.63) is 12.1 Å². The van der Waals surface area contributed by atoms with E-state index in [1.54, 1.807) is 11.8 Å². The highest BCUT2D eigenvalue weighted by Crippen LogP contribution is 2.27. The molecule has 19 heavy (non-hydrogen) atoms. The van der Waals surface area contributed by atoms with Crippen LogP contribution >= 0.6 is 11.8 Å². The molecule has 1 aromatic heterocycles. The van der Waals surface area contributed by atoms with E-state index < -0.39 is 0 Å². The second-order valence-corrected chi connectivity index (χ2v) is 6.24. The quantitative estimate of drug-likeness (QED) is 0.813. The van der Waals surface area contributed by atoms with Gasteiger partial charge in [0, 0.05) is 12.4 Å². The van der Waals surface area contributed by atoms with Crippen molar-refractivity contribution < 1.29 is 9.47 Å². The van der Waals surface area contributed by atoms with Crippen LogP contribution in [0.25, 0.3) is 0 Å². The molecule has 2 N–H and O–H groups in total. The zero-order chi connectivity index (χ0) is 13.7. The van der Waals surface area contributed by atoms with Crippen LogP contribution in [0.5, 0.6) is 5.88 Å². The minimum Gasteiger partial charge on any atom is -0.476 e. The van der Waals surface area contributed by atoms with Crippen molar-refractivity contribution in [1.29, 1.82) is 0 Å². The van der Waals surface area contributed by atoms with Gasteiger partial charge in [-0.2, -0.15) is 0 Å². The number of anilines is 1. The summed E-state index contributed by atoms with van der Waals surface area (Å²) in [4.78, 5) is 4.47. The molecule has 0 bridgehead atoms. The van der Waals surface area contributed by atoms with Gasteiger partial charge >= 0.3 is 0 Å². The number of ether oxygens (including phenoxy) is 2. The van der Waals surface area contributed by atoms with E-state index in [1.807, 2.05) is 12.1 Å². The maximum absolute atomic E-state index is 5.87. The van der Waals surface area contributed by atoms with E-state index in [0.29, 0.717) is 30.2 Å².